The van der Waals surface area contributed by atoms with Gasteiger partial charge in [0.15, 0.2) is 0 Å². The number of nitrogen functional groups attached to an aromatic ring is 1. The van der Waals surface area contributed by atoms with E-state index in [1.165, 1.54) is 6.07 Å². The summed E-state index contributed by atoms with van der Waals surface area (Å²) in [6.07, 6.45) is 0. The lowest BCUT2D eigenvalue weighted by atomic mass is 10.1. The summed E-state index contributed by atoms with van der Waals surface area (Å²) in [6, 6.07) is 9.57. The number of anilines is 3. The van der Waals surface area contributed by atoms with Crippen molar-refractivity contribution in [1.82, 2.24) is 0 Å². The Labute approximate surface area is 110 Å². The van der Waals surface area contributed by atoms with E-state index in [1.54, 1.807) is 37.3 Å². The van der Waals surface area contributed by atoms with E-state index < -0.39 is 5.91 Å². The summed E-state index contributed by atoms with van der Waals surface area (Å²) in [5.41, 5.74) is 13.4. The number of aryl methyl sites for hydroxylation is 1. The van der Waals surface area contributed by atoms with Crippen LogP contribution in [-0.2, 0) is 0 Å². The molecule has 0 aromatic heterocycles. The van der Waals surface area contributed by atoms with Crippen molar-refractivity contribution in [2.24, 2.45) is 5.73 Å². The van der Waals surface area contributed by atoms with Gasteiger partial charge in [0.1, 0.15) is 5.82 Å². The van der Waals surface area contributed by atoms with E-state index in [2.05, 4.69) is 5.32 Å². The molecule has 0 spiro atoms. The van der Waals surface area contributed by atoms with Crippen LogP contribution in [0.2, 0.25) is 0 Å². The fraction of sp³-hybridized carbons (Fsp3) is 0.0714. The average molecular weight is 259 g/mol. The molecular formula is C14H14FN3O. The quantitative estimate of drug-likeness (QED) is 0.741. The molecule has 0 atom stereocenters. The van der Waals surface area contributed by atoms with Gasteiger partial charge < -0.3 is 16.8 Å². The average Bonchev–Trinajstić information content (AvgIpc) is 2.36. The maximum absolute atomic E-state index is 13.2. The fourth-order valence-electron chi connectivity index (χ4n) is 1.77. The predicted molar refractivity (Wildman–Crippen MR) is 73.8 cm³/mol. The fourth-order valence-corrected chi connectivity index (χ4v) is 1.77. The third-order valence-electron chi connectivity index (χ3n) is 2.81. The first kappa shape index (κ1) is 12.9. The molecule has 19 heavy (non-hydrogen) atoms. The van der Waals surface area contributed by atoms with Crippen LogP contribution in [0.3, 0.4) is 0 Å². The lowest BCUT2D eigenvalue weighted by molar-refractivity contribution is 0.100. The van der Waals surface area contributed by atoms with Crippen molar-refractivity contribution in [3.05, 3.63) is 53.3 Å². The summed E-state index contributed by atoms with van der Waals surface area (Å²) in [5.74, 6) is -0.860. The van der Waals surface area contributed by atoms with Gasteiger partial charge in [-0.25, -0.2) is 4.39 Å². The van der Waals surface area contributed by atoms with Crippen molar-refractivity contribution in [1.29, 1.82) is 0 Å². The largest absolute Gasteiger partial charge is 0.396 e. The van der Waals surface area contributed by atoms with Gasteiger partial charge in [-0.3, -0.25) is 4.79 Å². The second-order valence-electron chi connectivity index (χ2n) is 4.22. The van der Waals surface area contributed by atoms with Gasteiger partial charge in [-0.15, -0.1) is 0 Å². The van der Waals surface area contributed by atoms with Gasteiger partial charge in [0.05, 0.1) is 16.9 Å². The van der Waals surface area contributed by atoms with Crippen LogP contribution in [0.4, 0.5) is 21.5 Å². The first-order valence-corrected chi connectivity index (χ1v) is 5.70. The standard InChI is InChI=1S/C14H14FN3O/c1-8-7-9(5-6-11(8)15)18-12-4-2-3-10(13(12)16)14(17)19/h2-7,18H,16H2,1H3,(H2,17,19). The molecule has 0 bridgehead atoms. The number of halogens is 1. The molecule has 2 aromatic carbocycles. The van der Waals surface area contributed by atoms with Gasteiger partial charge in [0.25, 0.3) is 5.91 Å². The molecule has 0 heterocycles. The van der Waals surface area contributed by atoms with Gasteiger partial charge in [-0.05, 0) is 42.8 Å². The Morgan fingerprint density at radius 2 is 2.00 bits per heavy atom. The minimum Gasteiger partial charge on any atom is -0.396 e. The minimum absolute atomic E-state index is 0.254. The first-order chi connectivity index (χ1) is 8.99. The number of hydrogen-bond donors (Lipinski definition) is 3. The van der Waals surface area contributed by atoms with E-state index in [4.69, 9.17) is 11.5 Å². The van der Waals surface area contributed by atoms with Crippen molar-refractivity contribution in [2.75, 3.05) is 11.1 Å². The number of para-hydroxylation sites is 1. The number of primary amides is 1. The molecule has 5 N–H and O–H groups in total. The Bertz CT molecular complexity index is 641. The second-order valence-corrected chi connectivity index (χ2v) is 4.22. The number of amides is 1. The Morgan fingerprint density at radius 3 is 2.63 bits per heavy atom. The predicted octanol–water partition coefficient (Wildman–Crippen LogP) is 2.56. The van der Waals surface area contributed by atoms with E-state index in [1.807, 2.05) is 0 Å². The van der Waals surface area contributed by atoms with E-state index in [-0.39, 0.29) is 17.1 Å². The lowest BCUT2D eigenvalue weighted by Crippen LogP contribution is -2.14. The van der Waals surface area contributed by atoms with Crippen molar-refractivity contribution < 1.29 is 9.18 Å². The number of hydrogen-bond acceptors (Lipinski definition) is 3. The summed E-state index contributed by atoms with van der Waals surface area (Å²) >= 11 is 0. The molecule has 0 saturated carbocycles. The molecule has 0 radical (unpaired) electrons. The number of nitrogens with one attached hydrogen (secondary N) is 1. The van der Waals surface area contributed by atoms with E-state index in [0.717, 1.165) is 0 Å². The zero-order chi connectivity index (χ0) is 14.0. The highest BCUT2D eigenvalue weighted by Crippen LogP contribution is 2.26. The zero-order valence-corrected chi connectivity index (χ0v) is 10.4. The molecule has 1 amide bonds. The molecule has 0 aliphatic heterocycles. The molecular weight excluding hydrogens is 245 g/mol. The highest BCUT2D eigenvalue weighted by molar-refractivity contribution is 6.01. The molecule has 98 valence electrons. The Hall–Kier alpha value is -2.56. The number of rotatable bonds is 3. The van der Waals surface area contributed by atoms with E-state index in [0.29, 0.717) is 16.9 Å². The van der Waals surface area contributed by atoms with Crippen LogP contribution in [-0.4, -0.2) is 5.91 Å². The van der Waals surface area contributed by atoms with Crippen LogP contribution in [0.25, 0.3) is 0 Å². The molecule has 0 unspecified atom stereocenters. The van der Waals surface area contributed by atoms with Crippen LogP contribution in [0.5, 0.6) is 0 Å². The zero-order valence-electron chi connectivity index (χ0n) is 10.4. The minimum atomic E-state index is -0.587. The summed E-state index contributed by atoms with van der Waals surface area (Å²) < 4.78 is 13.2. The summed E-state index contributed by atoms with van der Waals surface area (Å²) in [4.78, 5) is 11.2. The highest BCUT2D eigenvalue weighted by Gasteiger charge is 2.09. The Balaban J connectivity index is 2.35. The Morgan fingerprint density at radius 1 is 1.26 bits per heavy atom. The van der Waals surface area contributed by atoms with Crippen LogP contribution in [0.1, 0.15) is 15.9 Å². The van der Waals surface area contributed by atoms with Crippen molar-refractivity contribution in [2.45, 2.75) is 6.92 Å². The topological polar surface area (TPSA) is 81.1 Å². The van der Waals surface area contributed by atoms with Crippen molar-refractivity contribution in [3.63, 3.8) is 0 Å². The summed E-state index contributed by atoms with van der Waals surface area (Å²) in [5, 5.41) is 3.04. The van der Waals surface area contributed by atoms with Crippen LogP contribution >= 0.6 is 0 Å². The normalized spacial score (nSPS) is 10.2. The Kier molecular flexibility index (Phi) is 3.37. The summed E-state index contributed by atoms with van der Waals surface area (Å²) in [7, 11) is 0. The molecule has 0 aliphatic rings. The van der Waals surface area contributed by atoms with Gasteiger partial charge >= 0.3 is 0 Å². The number of benzene rings is 2. The van der Waals surface area contributed by atoms with E-state index in [9.17, 15) is 9.18 Å². The number of carbonyl (C=O) groups excluding carboxylic acids is 1. The summed E-state index contributed by atoms with van der Waals surface area (Å²) in [6.45, 7) is 1.67. The van der Waals surface area contributed by atoms with Gasteiger partial charge in [-0.1, -0.05) is 6.07 Å². The van der Waals surface area contributed by atoms with Crippen LogP contribution in [0.15, 0.2) is 36.4 Å². The second kappa shape index (κ2) is 4.97. The highest BCUT2D eigenvalue weighted by atomic mass is 19.1. The number of nitrogens with two attached hydrogens (primary N) is 2. The molecule has 2 aromatic rings. The molecule has 4 nitrogen and oxygen atoms in total. The SMILES string of the molecule is Cc1cc(Nc2cccc(C(N)=O)c2N)ccc1F. The molecule has 5 heteroatoms. The maximum Gasteiger partial charge on any atom is 0.250 e. The lowest BCUT2D eigenvalue weighted by Gasteiger charge is -2.12. The van der Waals surface area contributed by atoms with Gasteiger partial charge in [0, 0.05) is 5.69 Å². The molecule has 0 aliphatic carbocycles. The van der Waals surface area contributed by atoms with Crippen LogP contribution < -0.4 is 16.8 Å². The maximum atomic E-state index is 13.2. The van der Waals surface area contributed by atoms with E-state index >= 15 is 0 Å². The third-order valence-corrected chi connectivity index (χ3v) is 2.81. The molecule has 0 fully saturated rings. The van der Waals surface area contributed by atoms with Crippen molar-refractivity contribution in [3.8, 4) is 0 Å². The van der Waals surface area contributed by atoms with Crippen LogP contribution in [0, 0.1) is 12.7 Å². The molecule has 2 rings (SSSR count). The van der Waals surface area contributed by atoms with Gasteiger partial charge in [0.2, 0.25) is 0 Å². The smallest absolute Gasteiger partial charge is 0.250 e. The monoisotopic (exact) mass is 259 g/mol. The molecule has 0 saturated heterocycles. The first-order valence-electron chi connectivity index (χ1n) is 5.70. The van der Waals surface area contributed by atoms with Gasteiger partial charge in [-0.2, -0.15) is 0 Å². The number of carbonyl (C=O) groups is 1. The van der Waals surface area contributed by atoms with Crippen molar-refractivity contribution >= 4 is 23.0 Å². The third kappa shape index (κ3) is 2.65.